The Morgan fingerprint density at radius 3 is 2.40 bits per heavy atom. The third kappa shape index (κ3) is 2.67. The van der Waals surface area contributed by atoms with Gasteiger partial charge in [-0.3, -0.25) is 0 Å². The van der Waals surface area contributed by atoms with Crippen molar-refractivity contribution < 1.29 is 17.2 Å². The minimum atomic E-state index is -4.34. The zero-order valence-corrected chi connectivity index (χ0v) is 9.24. The van der Waals surface area contributed by atoms with Crippen LogP contribution in [0.2, 0.25) is 5.15 Å². The molecule has 0 atom stereocenters. The Kier molecular flexibility index (Phi) is 3.37. The number of anilines is 1. The predicted molar refractivity (Wildman–Crippen MR) is 51.7 cm³/mol. The molecule has 0 spiro atoms. The van der Waals surface area contributed by atoms with Crippen molar-refractivity contribution in [1.82, 2.24) is 4.98 Å². The summed E-state index contributed by atoms with van der Waals surface area (Å²) in [6.07, 6.45) is -3.10. The Morgan fingerprint density at radius 1 is 1.47 bits per heavy atom. The van der Waals surface area contributed by atoms with E-state index in [-0.39, 0.29) is 5.82 Å². The molecule has 1 aromatic heterocycles. The molecule has 0 aliphatic carbocycles. The SMILES string of the molecule is Nc1cc(S(=O)(=O)Cl)c(C(F)F)c(Cl)n1. The normalized spacial score (nSPS) is 12.1. The molecule has 1 aromatic rings. The highest BCUT2D eigenvalue weighted by Crippen LogP contribution is 2.34. The van der Waals surface area contributed by atoms with Crippen molar-refractivity contribution in [1.29, 1.82) is 0 Å². The number of hydrogen-bond acceptors (Lipinski definition) is 4. The van der Waals surface area contributed by atoms with E-state index in [1.807, 2.05) is 0 Å². The average Bonchev–Trinajstić information content (AvgIpc) is 1.99. The van der Waals surface area contributed by atoms with E-state index in [0.29, 0.717) is 0 Å². The molecule has 1 rings (SSSR count). The van der Waals surface area contributed by atoms with E-state index in [2.05, 4.69) is 4.98 Å². The van der Waals surface area contributed by atoms with Crippen molar-refractivity contribution in [3.8, 4) is 0 Å². The summed E-state index contributed by atoms with van der Waals surface area (Å²) in [4.78, 5) is 2.49. The van der Waals surface area contributed by atoms with Gasteiger partial charge in [-0.15, -0.1) is 0 Å². The fourth-order valence-corrected chi connectivity index (χ4v) is 2.35. The Bertz CT molecular complexity index is 492. The molecule has 0 amide bonds. The second kappa shape index (κ2) is 4.07. The summed E-state index contributed by atoms with van der Waals surface area (Å²) in [5.74, 6) is -0.302. The van der Waals surface area contributed by atoms with Crippen LogP contribution in [-0.4, -0.2) is 13.4 Å². The van der Waals surface area contributed by atoms with E-state index in [4.69, 9.17) is 28.0 Å². The summed E-state index contributed by atoms with van der Waals surface area (Å²) in [6, 6.07) is 0.732. The molecule has 0 aliphatic heterocycles. The van der Waals surface area contributed by atoms with Crippen LogP contribution in [0.15, 0.2) is 11.0 Å². The molecule has 0 unspecified atom stereocenters. The number of pyridine rings is 1. The molecule has 0 bridgehead atoms. The van der Waals surface area contributed by atoms with Crippen LogP contribution in [0.5, 0.6) is 0 Å². The average molecular weight is 277 g/mol. The molecule has 0 saturated carbocycles. The molecule has 2 N–H and O–H groups in total. The molecule has 84 valence electrons. The van der Waals surface area contributed by atoms with Gasteiger partial charge in [0.25, 0.3) is 15.5 Å². The van der Waals surface area contributed by atoms with Crippen LogP contribution in [0.4, 0.5) is 14.6 Å². The van der Waals surface area contributed by atoms with Gasteiger partial charge in [0.1, 0.15) is 11.0 Å². The Labute approximate surface area is 93.4 Å². The van der Waals surface area contributed by atoms with Crippen molar-refractivity contribution in [2.75, 3.05) is 5.73 Å². The second-order valence-corrected chi connectivity index (χ2v) is 5.38. The molecule has 0 radical (unpaired) electrons. The molecule has 0 aliphatic rings. The minimum absolute atomic E-state index is 0.302. The van der Waals surface area contributed by atoms with Crippen molar-refractivity contribution in [3.63, 3.8) is 0 Å². The van der Waals surface area contributed by atoms with Gasteiger partial charge in [-0.2, -0.15) is 0 Å². The summed E-state index contributed by atoms with van der Waals surface area (Å²) < 4.78 is 46.8. The van der Waals surface area contributed by atoms with Crippen LogP contribution in [0, 0.1) is 0 Å². The standard InChI is InChI=1S/C6H4Cl2F2N2O2S/c7-5-4(6(9)10)2(15(8,13)14)1-3(11)12-5/h1,6H,(H2,11,12). The van der Waals surface area contributed by atoms with Crippen LogP contribution in [-0.2, 0) is 9.05 Å². The zero-order chi connectivity index (χ0) is 11.8. The third-order valence-corrected chi connectivity index (χ3v) is 3.12. The maximum atomic E-state index is 12.5. The quantitative estimate of drug-likeness (QED) is 0.664. The van der Waals surface area contributed by atoms with Gasteiger partial charge in [0, 0.05) is 16.7 Å². The fraction of sp³-hybridized carbons (Fsp3) is 0.167. The Morgan fingerprint density at radius 2 is 2.00 bits per heavy atom. The lowest BCUT2D eigenvalue weighted by Gasteiger charge is -2.08. The summed E-state index contributed by atoms with van der Waals surface area (Å²) in [5, 5.41) is -0.677. The van der Waals surface area contributed by atoms with E-state index in [0.717, 1.165) is 6.07 Å². The lowest BCUT2D eigenvalue weighted by Crippen LogP contribution is -2.04. The van der Waals surface area contributed by atoms with E-state index in [1.165, 1.54) is 0 Å². The number of halogens is 4. The molecular formula is C6H4Cl2F2N2O2S. The molecule has 0 fully saturated rings. The highest BCUT2D eigenvalue weighted by molar-refractivity contribution is 8.13. The van der Waals surface area contributed by atoms with Gasteiger partial charge in [0.15, 0.2) is 0 Å². The van der Waals surface area contributed by atoms with Crippen LogP contribution < -0.4 is 5.73 Å². The number of aromatic nitrogens is 1. The minimum Gasteiger partial charge on any atom is -0.384 e. The van der Waals surface area contributed by atoms with Crippen molar-refractivity contribution in [3.05, 3.63) is 16.8 Å². The Hall–Kier alpha value is -0.660. The lowest BCUT2D eigenvalue weighted by atomic mass is 10.3. The highest BCUT2D eigenvalue weighted by atomic mass is 35.7. The van der Waals surface area contributed by atoms with Crippen LogP contribution in [0.3, 0.4) is 0 Å². The largest absolute Gasteiger partial charge is 0.384 e. The fourth-order valence-electron chi connectivity index (χ4n) is 0.919. The van der Waals surface area contributed by atoms with Gasteiger partial charge in [0.05, 0.1) is 10.5 Å². The first-order chi connectivity index (χ1) is 6.73. The van der Waals surface area contributed by atoms with Gasteiger partial charge in [0.2, 0.25) is 0 Å². The van der Waals surface area contributed by atoms with E-state index in [9.17, 15) is 17.2 Å². The maximum absolute atomic E-state index is 12.5. The molecule has 0 aromatic carbocycles. The van der Waals surface area contributed by atoms with Gasteiger partial charge in [-0.25, -0.2) is 22.2 Å². The topological polar surface area (TPSA) is 73.1 Å². The van der Waals surface area contributed by atoms with Gasteiger partial charge >= 0.3 is 0 Å². The van der Waals surface area contributed by atoms with Crippen LogP contribution in [0.25, 0.3) is 0 Å². The lowest BCUT2D eigenvalue weighted by molar-refractivity contribution is 0.147. The molecule has 9 heteroatoms. The summed E-state index contributed by atoms with van der Waals surface area (Å²) >= 11 is 5.34. The molecule has 1 heterocycles. The van der Waals surface area contributed by atoms with Crippen molar-refractivity contribution >= 4 is 37.2 Å². The summed E-state index contributed by atoms with van der Waals surface area (Å²) in [5.41, 5.74) is 4.22. The van der Waals surface area contributed by atoms with Crippen molar-refractivity contribution in [2.24, 2.45) is 0 Å². The third-order valence-electron chi connectivity index (χ3n) is 1.47. The first-order valence-corrected chi connectivity index (χ1v) is 6.11. The first kappa shape index (κ1) is 12.4. The molecule has 15 heavy (non-hydrogen) atoms. The second-order valence-electron chi connectivity index (χ2n) is 2.49. The van der Waals surface area contributed by atoms with Gasteiger partial charge in [-0.05, 0) is 0 Å². The summed E-state index contributed by atoms with van der Waals surface area (Å²) in [7, 11) is 0.613. The smallest absolute Gasteiger partial charge is 0.268 e. The van der Waals surface area contributed by atoms with Crippen LogP contribution in [0.1, 0.15) is 12.0 Å². The Balaban J connectivity index is 3.62. The van der Waals surface area contributed by atoms with Gasteiger partial charge in [-0.1, -0.05) is 11.6 Å². The first-order valence-electron chi connectivity index (χ1n) is 3.42. The zero-order valence-electron chi connectivity index (χ0n) is 6.92. The number of nitrogen functional groups attached to an aromatic ring is 1. The number of rotatable bonds is 2. The van der Waals surface area contributed by atoms with Crippen molar-refractivity contribution in [2.45, 2.75) is 11.3 Å². The number of hydrogen-bond donors (Lipinski definition) is 1. The molecule has 4 nitrogen and oxygen atoms in total. The predicted octanol–water partition coefficient (Wildman–Crippen LogP) is 2.18. The molecular weight excluding hydrogens is 273 g/mol. The van der Waals surface area contributed by atoms with E-state index >= 15 is 0 Å². The summed E-state index contributed by atoms with van der Waals surface area (Å²) in [6.45, 7) is 0. The van der Waals surface area contributed by atoms with E-state index in [1.54, 1.807) is 0 Å². The number of alkyl halides is 2. The highest BCUT2D eigenvalue weighted by Gasteiger charge is 2.26. The maximum Gasteiger partial charge on any atom is 0.268 e. The van der Waals surface area contributed by atoms with Crippen LogP contribution >= 0.6 is 22.3 Å². The molecule has 0 saturated heterocycles. The monoisotopic (exact) mass is 276 g/mol. The van der Waals surface area contributed by atoms with Gasteiger partial charge < -0.3 is 5.73 Å². The number of nitrogens with zero attached hydrogens (tertiary/aromatic N) is 1. The number of nitrogens with two attached hydrogens (primary N) is 1. The van der Waals surface area contributed by atoms with E-state index < -0.39 is 31.1 Å².